The van der Waals surface area contributed by atoms with Crippen molar-refractivity contribution in [2.24, 2.45) is 0 Å². The Kier molecular flexibility index (Phi) is 2.27. The van der Waals surface area contributed by atoms with E-state index in [1.165, 1.54) is 0 Å². The largest absolute Gasteiger partial charge is 0.383 e. The molecule has 54 valence electrons. The van der Waals surface area contributed by atoms with Crippen molar-refractivity contribution in [3.05, 3.63) is 22.3 Å². The van der Waals surface area contributed by atoms with E-state index in [2.05, 4.69) is 27.8 Å². The van der Waals surface area contributed by atoms with Gasteiger partial charge in [-0.2, -0.15) is 0 Å². The van der Waals surface area contributed by atoms with Gasteiger partial charge in [0.25, 0.3) is 0 Å². The van der Waals surface area contributed by atoms with Gasteiger partial charge in [0.15, 0.2) is 0 Å². The maximum atomic E-state index is 5.59. The third-order valence-electron chi connectivity index (χ3n) is 1.36. The lowest BCUT2D eigenvalue weighted by Crippen LogP contribution is -1.95. The summed E-state index contributed by atoms with van der Waals surface area (Å²) in [4.78, 5) is 4.04. The molecule has 0 radical (unpaired) electrons. The fraction of sp³-hybridized carbons (Fsp3) is 0.286. The highest BCUT2D eigenvalue weighted by Crippen LogP contribution is 2.13. The monoisotopic (exact) mass is 200 g/mol. The summed E-state index contributed by atoms with van der Waals surface area (Å²) in [7, 11) is 0. The number of aromatic nitrogens is 1. The van der Waals surface area contributed by atoms with E-state index in [0.29, 0.717) is 5.82 Å². The first kappa shape index (κ1) is 7.54. The smallest absolute Gasteiger partial charge is 0.127 e. The number of nitrogens with zero attached hydrogens (tertiary/aromatic N) is 1. The minimum absolute atomic E-state index is 0.622. The molecule has 0 bridgehead atoms. The van der Waals surface area contributed by atoms with Crippen LogP contribution < -0.4 is 5.73 Å². The van der Waals surface area contributed by atoms with E-state index in [9.17, 15) is 0 Å². The number of anilines is 1. The van der Waals surface area contributed by atoms with Crippen LogP contribution in [0, 0.1) is 0 Å². The lowest BCUT2D eigenvalue weighted by atomic mass is 10.2. The highest BCUT2D eigenvalue weighted by atomic mass is 79.9. The van der Waals surface area contributed by atoms with Gasteiger partial charge in [-0.15, -0.1) is 0 Å². The molecule has 0 spiro atoms. The van der Waals surface area contributed by atoms with E-state index < -0.39 is 0 Å². The highest BCUT2D eigenvalue weighted by Gasteiger charge is 1.96. The van der Waals surface area contributed by atoms with Crippen LogP contribution in [0.5, 0.6) is 0 Å². The zero-order chi connectivity index (χ0) is 7.56. The molecule has 0 atom stereocenters. The van der Waals surface area contributed by atoms with Crippen LogP contribution in [0.4, 0.5) is 5.82 Å². The molecule has 0 fully saturated rings. The number of hydrogen-bond acceptors (Lipinski definition) is 2. The second-order valence-electron chi connectivity index (χ2n) is 2.03. The van der Waals surface area contributed by atoms with Gasteiger partial charge in [-0.1, -0.05) is 13.0 Å². The minimum atomic E-state index is 0.622. The molecule has 0 saturated heterocycles. The summed E-state index contributed by atoms with van der Waals surface area (Å²) in [6, 6.07) is 3.88. The van der Waals surface area contributed by atoms with Gasteiger partial charge in [-0.3, -0.25) is 0 Å². The zero-order valence-electron chi connectivity index (χ0n) is 5.76. The number of nitrogens with two attached hydrogens (primary N) is 1. The molecule has 0 aliphatic carbocycles. The fourth-order valence-corrected chi connectivity index (χ4v) is 1.10. The number of halogens is 1. The summed E-state index contributed by atoms with van der Waals surface area (Å²) in [6.45, 7) is 2.06. The molecule has 2 N–H and O–H groups in total. The maximum Gasteiger partial charge on any atom is 0.127 e. The quantitative estimate of drug-likeness (QED) is 0.705. The van der Waals surface area contributed by atoms with Gasteiger partial charge in [-0.25, -0.2) is 4.98 Å². The molecule has 1 aromatic heterocycles. The lowest BCUT2D eigenvalue weighted by Gasteiger charge is -1.99. The van der Waals surface area contributed by atoms with Crippen molar-refractivity contribution in [1.29, 1.82) is 0 Å². The normalized spacial score (nSPS) is 9.80. The van der Waals surface area contributed by atoms with Gasteiger partial charge in [-0.05, 0) is 34.0 Å². The van der Waals surface area contributed by atoms with Crippen molar-refractivity contribution >= 4 is 21.7 Å². The molecular formula is C7H9BrN2. The SMILES string of the molecule is CCc1ccc(Br)nc1N. The van der Waals surface area contributed by atoms with Crippen molar-refractivity contribution in [1.82, 2.24) is 4.98 Å². The molecule has 0 aliphatic heterocycles. The fourth-order valence-electron chi connectivity index (χ4n) is 0.778. The first-order valence-corrected chi connectivity index (χ1v) is 3.94. The van der Waals surface area contributed by atoms with E-state index in [0.717, 1.165) is 16.6 Å². The van der Waals surface area contributed by atoms with Crippen molar-refractivity contribution < 1.29 is 0 Å². The molecule has 0 aliphatic rings. The second kappa shape index (κ2) is 3.01. The summed E-state index contributed by atoms with van der Waals surface area (Å²) < 4.78 is 0.794. The predicted molar refractivity (Wildman–Crippen MR) is 45.7 cm³/mol. The topological polar surface area (TPSA) is 38.9 Å². The van der Waals surface area contributed by atoms with Crippen LogP contribution in [0.1, 0.15) is 12.5 Å². The van der Waals surface area contributed by atoms with E-state index in [-0.39, 0.29) is 0 Å². The summed E-state index contributed by atoms with van der Waals surface area (Å²) in [5, 5.41) is 0. The highest BCUT2D eigenvalue weighted by molar-refractivity contribution is 9.10. The van der Waals surface area contributed by atoms with Crippen molar-refractivity contribution in [2.45, 2.75) is 13.3 Å². The van der Waals surface area contributed by atoms with Gasteiger partial charge in [0.1, 0.15) is 10.4 Å². The Labute approximate surface area is 68.6 Å². The van der Waals surface area contributed by atoms with Crippen LogP contribution in [0.25, 0.3) is 0 Å². The van der Waals surface area contributed by atoms with Gasteiger partial charge in [0, 0.05) is 0 Å². The lowest BCUT2D eigenvalue weighted by molar-refractivity contribution is 1.10. The molecule has 0 saturated carbocycles. The van der Waals surface area contributed by atoms with Crippen LogP contribution in [-0.2, 0) is 6.42 Å². The van der Waals surface area contributed by atoms with Crippen LogP contribution in [-0.4, -0.2) is 4.98 Å². The standard InChI is InChI=1S/C7H9BrN2/c1-2-5-3-4-6(8)10-7(5)9/h3-4H,2H2,1H3,(H2,9,10). The van der Waals surface area contributed by atoms with Gasteiger partial charge in [0.2, 0.25) is 0 Å². The Hall–Kier alpha value is -0.570. The molecular weight excluding hydrogens is 192 g/mol. The van der Waals surface area contributed by atoms with Crippen LogP contribution in [0.2, 0.25) is 0 Å². The van der Waals surface area contributed by atoms with E-state index in [1.807, 2.05) is 12.1 Å². The third-order valence-corrected chi connectivity index (χ3v) is 1.80. The summed E-state index contributed by atoms with van der Waals surface area (Å²) >= 11 is 3.23. The Morgan fingerprint density at radius 2 is 2.30 bits per heavy atom. The number of aryl methyl sites for hydroxylation is 1. The summed E-state index contributed by atoms with van der Waals surface area (Å²) in [5.41, 5.74) is 6.69. The Balaban J connectivity index is 3.07. The molecule has 3 heteroatoms. The molecule has 0 amide bonds. The van der Waals surface area contributed by atoms with E-state index in [4.69, 9.17) is 5.73 Å². The number of hydrogen-bond donors (Lipinski definition) is 1. The van der Waals surface area contributed by atoms with E-state index in [1.54, 1.807) is 0 Å². The summed E-state index contributed by atoms with van der Waals surface area (Å²) in [5.74, 6) is 0.622. The molecule has 1 aromatic rings. The maximum absolute atomic E-state index is 5.59. The first-order valence-electron chi connectivity index (χ1n) is 3.15. The molecule has 10 heavy (non-hydrogen) atoms. The molecule has 0 unspecified atom stereocenters. The van der Waals surface area contributed by atoms with Crippen LogP contribution in [0.15, 0.2) is 16.7 Å². The number of rotatable bonds is 1. The van der Waals surface area contributed by atoms with Crippen molar-refractivity contribution in [3.8, 4) is 0 Å². The van der Waals surface area contributed by atoms with Crippen molar-refractivity contribution in [2.75, 3.05) is 5.73 Å². The first-order chi connectivity index (χ1) is 4.74. The molecule has 1 heterocycles. The third kappa shape index (κ3) is 1.48. The Bertz CT molecular complexity index is 235. The molecule has 2 nitrogen and oxygen atoms in total. The van der Waals surface area contributed by atoms with Crippen molar-refractivity contribution in [3.63, 3.8) is 0 Å². The number of nitrogen functional groups attached to an aromatic ring is 1. The van der Waals surface area contributed by atoms with E-state index >= 15 is 0 Å². The van der Waals surface area contributed by atoms with Gasteiger partial charge < -0.3 is 5.73 Å². The molecule has 0 aromatic carbocycles. The van der Waals surface area contributed by atoms with Crippen LogP contribution >= 0.6 is 15.9 Å². The Morgan fingerprint density at radius 1 is 1.60 bits per heavy atom. The number of pyridine rings is 1. The second-order valence-corrected chi connectivity index (χ2v) is 2.84. The van der Waals surface area contributed by atoms with Gasteiger partial charge >= 0.3 is 0 Å². The van der Waals surface area contributed by atoms with Gasteiger partial charge in [0.05, 0.1) is 0 Å². The van der Waals surface area contributed by atoms with Crippen LogP contribution in [0.3, 0.4) is 0 Å². The summed E-state index contributed by atoms with van der Waals surface area (Å²) in [6.07, 6.45) is 0.937. The minimum Gasteiger partial charge on any atom is -0.383 e. The Morgan fingerprint density at radius 3 is 2.80 bits per heavy atom. The zero-order valence-corrected chi connectivity index (χ0v) is 7.35. The average Bonchev–Trinajstić information content (AvgIpc) is 1.88. The average molecular weight is 201 g/mol. The molecule has 1 rings (SSSR count). The predicted octanol–water partition coefficient (Wildman–Crippen LogP) is 1.99.